The van der Waals surface area contributed by atoms with Gasteiger partial charge in [-0.25, -0.2) is 8.42 Å². The summed E-state index contributed by atoms with van der Waals surface area (Å²) < 4.78 is 27.5. The van der Waals surface area contributed by atoms with Crippen LogP contribution in [0.15, 0.2) is 16.3 Å². The highest BCUT2D eigenvalue weighted by atomic mass is 35.5. The number of carbonyl (C=O) groups excluding carboxylic acids is 1. The van der Waals surface area contributed by atoms with E-state index in [0.29, 0.717) is 30.3 Å². The predicted octanol–water partition coefficient (Wildman–Crippen LogP) is 1.45. The Bertz CT molecular complexity index is 669. The van der Waals surface area contributed by atoms with Crippen LogP contribution in [0.4, 0.5) is 0 Å². The van der Waals surface area contributed by atoms with Gasteiger partial charge >= 0.3 is 0 Å². The summed E-state index contributed by atoms with van der Waals surface area (Å²) in [5.74, 6) is -0.0388. The quantitative estimate of drug-likeness (QED) is 0.843. The summed E-state index contributed by atoms with van der Waals surface area (Å²) in [6.45, 7) is 5.36. The van der Waals surface area contributed by atoms with Crippen LogP contribution in [0.3, 0.4) is 0 Å². The molecule has 136 valence electrons. The fraction of sp³-hybridized carbons (Fsp3) is 0.667. The van der Waals surface area contributed by atoms with E-state index < -0.39 is 16.1 Å². The standard InChI is InChI=1S/C15H23N3O3S2.ClH/c1-12-5-6-14(22-12)23(20,21)18-10-2-4-13(18)15(19)17-9-3-7-16-8-11-17;/h5-6,13,16H,2-4,7-11H2,1H3;1H. The molecule has 0 bridgehead atoms. The Balaban J connectivity index is 0.00000208. The summed E-state index contributed by atoms with van der Waals surface area (Å²) in [4.78, 5) is 15.6. The maximum absolute atomic E-state index is 12.9. The third-order valence-electron chi connectivity index (χ3n) is 4.42. The highest BCUT2D eigenvalue weighted by molar-refractivity contribution is 7.91. The molecule has 3 heterocycles. The van der Waals surface area contributed by atoms with Gasteiger partial charge in [-0.2, -0.15) is 4.31 Å². The summed E-state index contributed by atoms with van der Waals surface area (Å²) in [7, 11) is -3.57. The maximum atomic E-state index is 12.9. The van der Waals surface area contributed by atoms with Crippen molar-refractivity contribution in [3.05, 3.63) is 17.0 Å². The second kappa shape index (κ2) is 8.14. The number of carbonyl (C=O) groups is 1. The van der Waals surface area contributed by atoms with Gasteiger partial charge < -0.3 is 10.2 Å². The number of sulfonamides is 1. The van der Waals surface area contributed by atoms with Gasteiger partial charge in [0.25, 0.3) is 10.0 Å². The SMILES string of the molecule is Cc1ccc(S(=O)(=O)N2CCCC2C(=O)N2CCCNCC2)s1.Cl. The minimum Gasteiger partial charge on any atom is -0.340 e. The molecule has 0 spiro atoms. The average Bonchev–Trinajstić information content (AvgIpc) is 3.10. The van der Waals surface area contributed by atoms with Crippen molar-refractivity contribution < 1.29 is 13.2 Å². The van der Waals surface area contributed by atoms with Crippen LogP contribution in [-0.2, 0) is 14.8 Å². The molecule has 0 aromatic carbocycles. The van der Waals surface area contributed by atoms with Gasteiger partial charge in [0, 0.05) is 31.1 Å². The van der Waals surface area contributed by atoms with Crippen LogP contribution < -0.4 is 5.32 Å². The van der Waals surface area contributed by atoms with Gasteiger partial charge in [0.1, 0.15) is 10.3 Å². The minimum absolute atomic E-state index is 0. The molecule has 9 heteroatoms. The predicted molar refractivity (Wildman–Crippen MR) is 97.3 cm³/mol. The lowest BCUT2D eigenvalue weighted by molar-refractivity contribution is -0.134. The lowest BCUT2D eigenvalue weighted by atomic mass is 10.2. The van der Waals surface area contributed by atoms with E-state index in [1.165, 1.54) is 15.6 Å². The van der Waals surface area contributed by atoms with Crippen molar-refractivity contribution in [1.29, 1.82) is 0 Å². The number of hydrogen-bond donors (Lipinski definition) is 1. The first-order chi connectivity index (χ1) is 11.0. The van der Waals surface area contributed by atoms with E-state index in [9.17, 15) is 13.2 Å². The Hall–Kier alpha value is -0.670. The monoisotopic (exact) mass is 393 g/mol. The molecule has 0 radical (unpaired) electrons. The fourth-order valence-corrected chi connectivity index (χ4v) is 6.28. The number of nitrogens with one attached hydrogen (secondary N) is 1. The van der Waals surface area contributed by atoms with Crippen molar-refractivity contribution in [2.45, 2.75) is 36.4 Å². The molecule has 2 saturated heterocycles. The number of halogens is 1. The van der Waals surface area contributed by atoms with Gasteiger partial charge in [-0.1, -0.05) is 0 Å². The largest absolute Gasteiger partial charge is 0.340 e. The molecular formula is C15H24ClN3O3S2. The number of thiophene rings is 1. The zero-order valence-corrected chi connectivity index (χ0v) is 16.2. The van der Waals surface area contributed by atoms with Crippen LogP contribution in [0.1, 0.15) is 24.1 Å². The summed E-state index contributed by atoms with van der Waals surface area (Å²) in [6, 6.07) is 2.91. The van der Waals surface area contributed by atoms with Crippen LogP contribution in [0.25, 0.3) is 0 Å². The molecule has 3 rings (SSSR count). The summed E-state index contributed by atoms with van der Waals surface area (Å²) >= 11 is 1.27. The van der Waals surface area contributed by atoms with Crippen molar-refractivity contribution in [3.63, 3.8) is 0 Å². The molecule has 0 aliphatic carbocycles. The highest BCUT2D eigenvalue weighted by Gasteiger charge is 2.41. The third-order valence-corrected chi connectivity index (χ3v) is 7.80. The zero-order valence-electron chi connectivity index (χ0n) is 13.7. The Morgan fingerprint density at radius 1 is 1.21 bits per heavy atom. The van der Waals surface area contributed by atoms with Crippen LogP contribution in [0.5, 0.6) is 0 Å². The third kappa shape index (κ3) is 3.94. The van der Waals surface area contributed by atoms with E-state index in [4.69, 9.17) is 0 Å². The van der Waals surface area contributed by atoms with Crippen LogP contribution in [0, 0.1) is 6.92 Å². The fourth-order valence-electron chi connectivity index (χ4n) is 3.22. The summed E-state index contributed by atoms with van der Waals surface area (Å²) in [6.07, 6.45) is 2.27. The zero-order chi connectivity index (χ0) is 16.4. The van der Waals surface area contributed by atoms with Crippen molar-refractivity contribution in [2.75, 3.05) is 32.7 Å². The molecule has 24 heavy (non-hydrogen) atoms. The van der Waals surface area contributed by atoms with Crippen molar-refractivity contribution >= 4 is 39.7 Å². The summed E-state index contributed by atoms with van der Waals surface area (Å²) in [5.41, 5.74) is 0. The second-order valence-electron chi connectivity index (χ2n) is 6.07. The number of hydrogen-bond acceptors (Lipinski definition) is 5. The van der Waals surface area contributed by atoms with Gasteiger partial charge in [-0.3, -0.25) is 4.79 Å². The Labute approximate surface area is 153 Å². The molecule has 0 saturated carbocycles. The summed E-state index contributed by atoms with van der Waals surface area (Å²) in [5, 5.41) is 3.27. The first-order valence-corrected chi connectivity index (χ1v) is 10.3. The molecule has 1 atom stereocenters. The van der Waals surface area contributed by atoms with E-state index in [1.807, 2.05) is 17.9 Å². The molecule has 1 N–H and O–H groups in total. The van der Waals surface area contributed by atoms with Gasteiger partial charge in [0.15, 0.2) is 0 Å². The molecular weight excluding hydrogens is 370 g/mol. The topological polar surface area (TPSA) is 69.7 Å². The molecule has 2 aliphatic rings. The average molecular weight is 394 g/mol. The lowest BCUT2D eigenvalue weighted by Crippen LogP contribution is -2.48. The molecule has 2 fully saturated rings. The lowest BCUT2D eigenvalue weighted by Gasteiger charge is -2.28. The number of aryl methyl sites for hydroxylation is 1. The maximum Gasteiger partial charge on any atom is 0.253 e. The van der Waals surface area contributed by atoms with Crippen LogP contribution in [0.2, 0.25) is 0 Å². The van der Waals surface area contributed by atoms with Gasteiger partial charge in [0.2, 0.25) is 5.91 Å². The number of nitrogens with zero attached hydrogens (tertiary/aromatic N) is 2. The number of rotatable bonds is 3. The molecule has 6 nitrogen and oxygen atoms in total. The Morgan fingerprint density at radius 2 is 2.00 bits per heavy atom. The van der Waals surface area contributed by atoms with E-state index in [1.54, 1.807) is 6.07 Å². The molecule has 2 aliphatic heterocycles. The van der Waals surface area contributed by atoms with Crippen molar-refractivity contribution in [3.8, 4) is 0 Å². The Morgan fingerprint density at radius 3 is 2.71 bits per heavy atom. The normalized spacial score (nSPS) is 22.9. The molecule has 1 unspecified atom stereocenters. The molecule has 1 amide bonds. The molecule has 1 aromatic heterocycles. The Kier molecular flexibility index (Phi) is 6.66. The minimum atomic E-state index is -3.57. The van der Waals surface area contributed by atoms with Gasteiger partial charge in [-0.15, -0.1) is 23.7 Å². The van der Waals surface area contributed by atoms with E-state index in [2.05, 4.69) is 5.32 Å². The second-order valence-corrected chi connectivity index (χ2v) is 9.47. The smallest absolute Gasteiger partial charge is 0.253 e. The number of amides is 1. The van der Waals surface area contributed by atoms with Crippen molar-refractivity contribution in [2.24, 2.45) is 0 Å². The first-order valence-electron chi connectivity index (χ1n) is 8.08. The van der Waals surface area contributed by atoms with Crippen molar-refractivity contribution in [1.82, 2.24) is 14.5 Å². The van der Waals surface area contributed by atoms with Gasteiger partial charge in [0.05, 0.1) is 0 Å². The van der Waals surface area contributed by atoms with E-state index in [0.717, 1.165) is 30.8 Å². The van der Waals surface area contributed by atoms with Crippen LogP contribution in [-0.4, -0.2) is 62.3 Å². The van der Waals surface area contributed by atoms with E-state index in [-0.39, 0.29) is 18.3 Å². The van der Waals surface area contributed by atoms with E-state index >= 15 is 0 Å². The van der Waals surface area contributed by atoms with Gasteiger partial charge in [-0.05, 0) is 44.9 Å². The van der Waals surface area contributed by atoms with Crippen LogP contribution >= 0.6 is 23.7 Å². The molecule has 1 aromatic rings. The first kappa shape index (κ1) is 19.7. The highest BCUT2D eigenvalue weighted by Crippen LogP contribution is 2.30.